The van der Waals surface area contributed by atoms with Crippen LogP contribution in [0.3, 0.4) is 0 Å². The first-order valence-electron chi connectivity index (χ1n) is 4.92. The maximum absolute atomic E-state index is 10.6. The van der Waals surface area contributed by atoms with Crippen LogP contribution in [0.15, 0.2) is 16.3 Å². The van der Waals surface area contributed by atoms with Crippen LogP contribution in [0, 0.1) is 10.1 Å². The fraction of sp³-hybridized carbons (Fsp3) is 0.375. The van der Waals surface area contributed by atoms with E-state index in [1.54, 1.807) is 7.05 Å². The number of imidazole rings is 1. The van der Waals surface area contributed by atoms with Crippen molar-refractivity contribution < 1.29 is 4.92 Å². The fourth-order valence-electron chi connectivity index (χ4n) is 1.33. The van der Waals surface area contributed by atoms with Crippen LogP contribution in [0.1, 0.15) is 5.82 Å². The average molecular weight is 237 g/mol. The first-order valence-corrected chi connectivity index (χ1v) is 4.92. The minimum Gasteiger partial charge on any atom is -0.358 e. The molecule has 0 saturated carbocycles. The second kappa shape index (κ2) is 4.60. The molecule has 0 aromatic carbocycles. The highest BCUT2D eigenvalue weighted by molar-refractivity contribution is 5.83. The Hall–Kier alpha value is -2.45. The van der Waals surface area contributed by atoms with E-state index in [0.717, 1.165) is 6.54 Å². The number of nitro groups is 1. The van der Waals surface area contributed by atoms with Gasteiger partial charge in [-0.05, 0) is 4.92 Å². The van der Waals surface area contributed by atoms with Crippen molar-refractivity contribution in [3.8, 4) is 0 Å². The van der Waals surface area contributed by atoms with Gasteiger partial charge in [-0.15, -0.1) is 0 Å². The second-order valence-electron chi connectivity index (χ2n) is 3.32. The number of aliphatic imine (C=N–C) groups is 1. The number of nitrogens with zero attached hydrogens (tertiary/aromatic N) is 5. The molecule has 9 heteroatoms. The highest BCUT2D eigenvalue weighted by atomic mass is 16.6. The van der Waals surface area contributed by atoms with E-state index in [4.69, 9.17) is 0 Å². The SMILES string of the molecule is Cn1c([N+](=O)[O-])cnc1/C=N/NC1=NCCN1. The van der Waals surface area contributed by atoms with Crippen molar-refractivity contribution in [1.82, 2.24) is 20.3 Å². The van der Waals surface area contributed by atoms with Crippen LogP contribution in [-0.4, -0.2) is 39.7 Å². The van der Waals surface area contributed by atoms with Crippen molar-refractivity contribution in [2.45, 2.75) is 0 Å². The predicted octanol–water partition coefficient (Wildman–Crippen LogP) is -0.789. The summed E-state index contributed by atoms with van der Waals surface area (Å²) in [6.07, 6.45) is 2.59. The van der Waals surface area contributed by atoms with Crippen LogP contribution in [0.25, 0.3) is 0 Å². The quantitative estimate of drug-likeness (QED) is 0.406. The standard InChI is InChI=1S/C8H11N7O2/c1-14-6(11-5-7(14)15(16)17)4-12-13-8-9-2-3-10-8/h4-5H,2-3H2,1H3,(H2,9,10,13)/b12-4+. The number of rotatable bonds is 3. The Bertz CT molecular complexity index is 490. The van der Waals surface area contributed by atoms with Gasteiger partial charge in [0.1, 0.15) is 12.4 Å². The number of hydrogen-bond acceptors (Lipinski definition) is 7. The summed E-state index contributed by atoms with van der Waals surface area (Å²) in [7, 11) is 1.55. The van der Waals surface area contributed by atoms with Crippen molar-refractivity contribution in [3.63, 3.8) is 0 Å². The Morgan fingerprint density at radius 1 is 1.76 bits per heavy atom. The van der Waals surface area contributed by atoms with Crippen LogP contribution in [0.4, 0.5) is 5.82 Å². The Kier molecular flexibility index (Phi) is 2.99. The lowest BCUT2D eigenvalue weighted by molar-refractivity contribution is -0.391. The number of hydrogen-bond donors (Lipinski definition) is 2. The number of guanidine groups is 1. The molecule has 0 amide bonds. The number of aromatic nitrogens is 2. The Morgan fingerprint density at radius 3 is 3.18 bits per heavy atom. The highest BCUT2D eigenvalue weighted by Crippen LogP contribution is 2.09. The molecule has 2 heterocycles. The zero-order valence-electron chi connectivity index (χ0n) is 9.12. The average Bonchev–Trinajstić information content (AvgIpc) is 2.89. The smallest absolute Gasteiger partial charge is 0.342 e. The molecule has 17 heavy (non-hydrogen) atoms. The summed E-state index contributed by atoms with van der Waals surface area (Å²) < 4.78 is 1.34. The molecular weight excluding hydrogens is 226 g/mol. The monoisotopic (exact) mass is 237 g/mol. The van der Waals surface area contributed by atoms with E-state index in [1.807, 2.05) is 0 Å². The first kappa shape index (κ1) is 11.0. The summed E-state index contributed by atoms with van der Waals surface area (Å²) in [6.45, 7) is 1.50. The van der Waals surface area contributed by atoms with Crippen LogP contribution >= 0.6 is 0 Å². The Labute approximate surface area is 96.4 Å². The Morgan fingerprint density at radius 2 is 2.59 bits per heavy atom. The van der Waals surface area contributed by atoms with E-state index in [0.29, 0.717) is 18.3 Å². The summed E-state index contributed by atoms with van der Waals surface area (Å²) in [5, 5.41) is 17.4. The molecule has 0 radical (unpaired) electrons. The number of nitrogens with one attached hydrogen (secondary N) is 2. The molecule has 0 bridgehead atoms. The summed E-state index contributed by atoms with van der Waals surface area (Å²) >= 11 is 0. The molecule has 1 aliphatic rings. The summed E-state index contributed by atoms with van der Waals surface area (Å²) in [6, 6.07) is 0. The van der Waals surface area contributed by atoms with Gasteiger partial charge >= 0.3 is 5.82 Å². The van der Waals surface area contributed by atoms with E-state index in [2.05, 4.69) is 25.8 Å². The molecule has 1 aromatic heterocycles. The second-order valence-corrected chi connectivity index (χ2v) is 3.32. The van der Waals surface area contributed by atoms with Gasteiger partial charge < -0.3 is 15.4 Å². The number of hydrazone groups is 1. The van der Waals surface area contributed by atoms with Crippen molar-refractivity contribution in [1.29, 1.82) is 0 Å². The van der Waals surface area contributed by atoms with Crippen molar-refractivity contribution in [2.75, 3.05) is 13.1 Å². The summed E-state index contributed by atoms with van der Waals surface area (Å²) in [4.78, 5) is 18.0. The molecule has 1 aliphatic heterocycles. The molecule has 9 nitrogen and oxygen atoms in total. The van der Waals surface area contributed by atoms with E-state index < -0.39 is 4.92 Å². The van der Waals surface area contributed by atoms with Gasteiger partial charge in [-0.3, -0.25) is 0 Å². The molecule has 0 saturated heterocycles. The molecule has 0 spiro atoms. The normalized spacial score (nSPS) is 14.8. The molecule has 2 N–H and O–H groups in total. The van der Waals surface area contributed by atoms with E-state index in [-0.39, 0.29) is 5.82 Å². The van der Waals surface area contributed by atoms with Gasteiger partial charge in [-0.25, -0.2) is 20.0 Å². The van der Waals surface area contributed by atoms with E-state index >= 15 is 0 Å². The first-order chi connectivity index (χ1) is 8.18. The Balaban J connectivity index is 2.03. The maximum atomic E-state index is 10.6. The molecule has 90 valence electrons. The lowest BCUT2D eigenvalue weighted by Gasteiger charge is -1.98. The topological polar surface area (TPSA) is 110 Å². The van der Waals surface area contributed by atoms with Gasteiger partial charge in [0.25, 0.3) is 0 Å². The van der Waals surface area contributed by atoms with Crippen LogP contribution < -0.4 is 10.7 Å². The maximum Gasteiger partial charge on any atom is 0.342 e. The minimum absolute atomic E-state index is 0.0808. The molecule has 2 rings (SSSR count). The van der Waals surface area contributed by atoms with Gasteiger partial charge in [-0.2, -0.15) is 5.10 Å². The van der Waals surface area contributed by atoms with Gasteiger partial charge in [0.15, 0.2) is 0 Å². The van der Waals surface area contributed by atoms with Gasteiger partial charge in [-0.1, -0.05) is 0 Å². The molecular formula is C8H11N7O2. The van der Waals surface area contributed by atoms with Crippen LogP contribution in [0.5, 0.6) is 0 Å². The van der Waals surface area contributed by atoms with E-state index in [9.17, 15) is 10.1 Å². The largest absolute Gasteiger partial charge is 0.358 e. The van der Waals surface area contributed by atoms with Crippen LogP contribution in [0.2, 0.25) is 0 Å². The third-order valence-electron chi connectivity index (χ3n) is 2.21. The molecule has 0 atom stereocenters. The van der Waals surface area contributed by atoms with Gasteiger partial charge in [0.05, 0.1) is 13.6 Å². The van der Waals surface area contributed by atoms with Gasteiger partial charge in [0, 0.05) is 6.54 Å². The minimum atomic E-state index is -0.500. The third-order valence-corrected chi connectivity index (χ3v) is 2.21. The zero-order chi connectivity index (χ0) is 12.3. The molecule has 0 fully saturated rings. The highest BCUT2D eigenvalue weighted by Gasteiger charge is 2.14. The predicted molar refractivity (Wildman–Crippen MR) is 60.9 cm³/mol. The zero-order valence-corrected chi connectivity index (χ0v) is 9.12. The lowest BCUT2D eigenvalue weighted by Crippen LogP contribution is -2.30. The van der Waals surface area contributed by atoms with Crippen molar-refractivity contribution >= 4 is 18.0 Å². The van der Waals surface area contributed by atoms with Crippen molar-refractivity contribution in [2.24, 2.45) is 17.1 Å². The van der Waals surface area contributed by atoms with E-state index in [1.165, 1.54) is 17.0 Å². The lowest BCUT2D eigenvalue weighted by atomic mass is 10.6. The summed E-state index contributed by atoms with van der Waals surface area (Å²) in [5.41, 5.74) is 2.68. The molecule has 0 aliphatic carbocycles. The van der Waals surface area contributed by atoms with Gasteiger partial charge in [0.2, 0.25) is 11.8 Å². The molecule has 0 unspecified atom stereocenters. The fourth-order valence-corrected chi connectivity index (χ4v) is 1.33. The van der Waals surface area contributed by atoms with Crippen molar-refractivity contribution in [3.05, 3.63) is 22.1 Å². The third kappa shape index (κ3) is 2.38. The summed E-state index contributed by atoms with van der Waals surface area (Å²) in [5.74, 6) is 0.899. The molecule has 1 aromatic rings. The van der Waals surface area contributed by atoms with Crippen LogP contribution in [-0.2, 0) is 7.05 Å².